The van der Waals surface area contributed by atoms with E-state index < -0.39 is 10.8 Å². The Balaban J connectivity index is 1.67. The molecule has 31 heavy (non-hydrogen) atoms. The number of rotatable bonds is 2. The third kappa shape index (κ3) is 2.47. The zero-order valence-corrected chi connectivity index (χ0v) is 16.3. The molecule has 0 aromatic heterocycles. The summed E-state index contributed by atoms with van der Waals surface area (Å²) in [5.74, 6) is -0.427. The Morgan fingerprint density at radius 2 is 1.61 bits per heavy atom. The number of allylic oxidation sites excluding steroid dienone is 1. The first-order chi connectivity index (χ1) is 15.1. The lowest BCUT2D eigenvalue weighted by Crippen LogP contribution is -2.19. The number of carbonyl (C=O) groups is 1. The minimum absolute atomic E-state index is 0.0171. The smallest absolute Gasteiger partial charge is 0.269 e. The molecule has 0 bridgehead atoms. The number of nitro benzene ring substituents is 1. The summed E-state index contributed by atoms with van der Waals surface area (Å²) < 4.78 is 0. The molecule has 0 fully saturated rings. The van der Waals surface area contributed by atoms with Crippen molar-refractivity contribution in [3.63, 3.8) is 0 Å². The minimum atomic E-state index is -0.396. The van der Waals surface area contributed by atoms with E-state index in [4.69, 9.17) is 0 Å². The largest absolute Gasteiger partial charge is 0.354 e. The summed E-state index contributed by atoms with van der Waals surface area (Å²) in [6, 6.07) is 26.3. The summed E-state index contributed by atoms with van der Waals surface area (Å²) in [7, 11) is 0. The molecule has 4 aromatic rings. The molecule has 6 rings (SSSR count). The zero-order chi connectivity index (χ0) is 21.1. The van der Waals surface area contributed by atoms with Crippen LogP contribution >= 0.6 is 0 Å². The van der Waals surface area contributed by atoms with Gasteiger partial charge in [-0.25, -0.2) is 0 Å². The molecule has 0 amide bonds. The number of nitrogens with one attached hydrogen (secondary N) is 1. The van der Waals surface area contributed by atoms with Crippen LogP contribution in [0.15, 0.2) is 90.5 Å². The van der Waals surface area contributed by atoms with E-state index in [0.717, 1.165) is 38.8 Å². The highest BCUT2D eigenvalue weighted by atomic mass is 16.6. The fraction of sp³-hybridized carbons (Fsp3) is 0.0385. The van der Waals surface area contributed by atoms with Crippen molar-refractivity contribution < 1.29 is 9.72 Å². The number of Topliss-reactive ketones (excluding diaryl/α,β-unsaturated/α-hetero) is 1. The Hall–Kier alpha value is -4.25. The quantitative estimate of drug-likeness (QED) is 0.333. The summed E-state index contributed by atoms with van der Waals surface area (Å²) in [5, 5.41) is 17.1. The van der Waals surface area contributed by atoms with Crippen LogP contribution in [0.25, 0.3) is 16.5 Å². The Kier molecular flexibility index (Phi) is 3.62. The second-order valence-corrected chi connectivity index (χ2v) is 7.82. The molecule has 1 N–H and O–H groups in total. The average Bonchev–Trinajstić information content (AvgIpc) is 3.09. The molecule has 5 nitrogen and oxygen atoms in total. The highest BCUT2D eigenvalue weighted by Gasteiger charge is 2.40. The van der Waals surface area contributed by atoms with Crippen LogP contribution in [0.2, 0.25) is 0 Å². The van der Waals surface area contributed by atoms with Gasteiger partial charge in [0.2, 0.25) is 0 Å². The number of benzene rings is 4. The molecule has 1 unspecified atom stereocenters. The molecule has 5 heteroatoms. The number of nitro groups is 1. The van der Waals surface area contributed by atoms with E-state index >= 15 is 0 Å². The van der Waals surface area contributed by atoms with Gasteiger partial charge in [0.25, 0.3) is 5.69 Å². The van der Waals surface area contributed by atoms with Crippen LogP contribution in [-0.4, -0.2) is 10.7 Å². The van der Waals surface area contributed by atoms with Crippen molar-refractivity contribution in [2.75, 3.05) is 5.32 Å². The summed E-state index contributed by atoms with van der Waals surface area (Å²) in [5.41, 5.74) is 5.61. The fourth-order valence-corrected chi connectivity index (χ4v) is 4.83. The van der Waals surface area contributed by atoms with Crippen molar-refractivity contribution in [1.29, 1.82) is 0 Å². The van der Waals surface area contributed by atoms with E-state index in [0.29, 0.717) is 11.1 Å². The van der Waals surface area contributed by atoms with E-state index in [1.807, 2.05) is 54.6 Å². The van der Waals surface area contributed by atoms with E-state index in [9.17, 15) is 14.9 Å². The van der Waals surface area contributed by atoms with Crippen molar-refractivity contribution in [3.8, 4) is 0 Å². The number of hydrogen-bond donors (Lipinski definition) is 1. The van der Waals surface area contributed by atoms with Crippen molar-refractivity contribution in [2.24, 2.45) is 0 Å². The predicted molar refractivity (Wildman–Crippen MR) is 120 cm³/mol. The molecular formula is C26H16N2O3. The standard InChI is InChI=1S/C26H16N2O3/c29-26-20-11-4-3-10-19(20)25-23(26)22(16-7-5-8-17(14-16)28(30)31)21-13-12-15-6-1-2-9-18(15)24(21)27-25/h1-14,22,27H. The van der Waals surface area contributed by atoms with Gasteiger partial charge in [-0.3, -0.25) is 14.9 Å². The zero-order valence-electron chi connectivity index (χ0n) is 16.3. The molecule has 0 saturated carbocycles. The summed E-state index contributed by atoms with van der Waals surface area (Å²) in [6.45, 7) is 0. The third-order valence-corrected chi connectivity index (χ3v) is 6.18. The van der Waals surface area contributed by atoms with Gasteiger partial charge in [0, 0.05) is 40.1 Å². The molecule has 1 atom stereocenters. The maximum absolute atomic E-state index is 13.5. The normalized spacial score (nSPS) is 16.5. The van der Waals surface area contributed by atoms with Crippen LogP contribution in [0.5, 0.6) is 0 Å². The van der Waals surface area contributed by atoms with E-state index in [2.05, 4.69) is 17.4 Å². The van der Waals surface area contributed by atoms with Crippen LogP contribution < -0.4 is 5.32 Å². The monoisotopic (exact) mass is 404 g/mol. The number of ketones is 1. The first kappa shape index (κ1) is 17.6. The van der Waals surface area contributed by atoms with E-state index in [1.165, 1.54) is 6.07 Å². The highest BCUT2D eigenvalue weighted by molar-refractivity contribution is 6.24. The predicted octanol–water partition coefficient (Wildman–Crippen LogP) is 5.91. The van der Waals surface area contributed by atoms with Gasteiger partial charge in [-0.15, -0.1) is 0 Å². The summed E-state index contributed by atoms with van der Waals surface area (Å²) in [4.78, 5) is 24.5. The number of anilines is 1. The van der Waals surface area contributed by atoms with Crippen molar-refractivity contribution >= 4 is 33.6 Å². The number of fused-ring (bicyclic) bond motifs is 5. The van der Waals surface area contributed by atoms with Crippen molar-refractivity contribution in [1.82, 2.24) is 0 Å². The third-order valence-electron chi connectivity index (χ3n) is 6.18. The lowest BCUT2D eigenvalue weighted by atomic mass is 9.79. The minimum Gasteiger partial charge on any atom is -0.354 e. The molecule has 0 radical (unpaired) electrons. The molecular weight excluding hydrogens is 388 g/mol. The topological polar surface area (TPSA) is 72.2 Å². The van der Waals surface area contributed by atoms with Crippen molar-refractivity contribution in [3.05, 3.63) is 123 Å². The molecule has 1 aliphatic heterocycles. The van der Waals surface area contributed by atoms with Gasteiger partial charge < -0.3 is 5.32 Å². The van der Waals surface area contributed by atoms with Crippen LogP contribution in [-0.2, 0) is 0 Å². The second-order valence-electron chi connectivity index (χ2n) is 7.82. The van der Waals surface area contributed by atoms with Gasteiger partial charge in [0.05, 0.1) is 16.3 Å². The van der Waals surface area contributed by atoms with Gasteiger partial charge in [0.15, 0.2) is 5.78 Å². The van der Waals surface area contributed by atoms with Crippen molar-refractivity contribution in [2.45, 2.75) is 5.92 Å². The van der Waals surface area contributed by atoms with Gasteiger partial charge in [-0.05, 0) is 16.5 Å². The van der Waals surface area contributed by atoms with Gasteiger partial charge in [-0.2, -0.15) is 0 Å². The molecule has 0 saturated heterocycles. The Morgan fingerprint density at radius 1 is 0.839 bits per heavy atom. The maximum Gasteiger partial charge on any atom is 0.269 e. The summed E-state index contributed by atoms with van der Waals surface area (Å²) >= 11 is 0. The maximum atomic E-state index is 13.5. The first-order valence-corrected chi connectivity index (χ1v) is 10.0. The van der Waals surface area contributed by atoms with Crippen LogP contribution in [0.4, 0.5) is 11.4 Å². The SMILES string of the molecule is O=C1C2=C(Nc3c(ccc4ccccc34)C2c2cccc([N+](=O)[O-])c2)c2ccccc21. The molecule has 2 aliphatic rings. The highest BCUT2D eigenvalue weighted by Crippen LogP contribution is 2.51. The van der Waals surface area contributed by atoms with Crippen LogP contribution in [0, 0.1) is 10.1 Å². The second kappa shape index (κ2) is 6.37. The molecule has 148 valence electrons. The van der Waals surface area contributed by atoms with Gasteiger partial charge in [-0.1, -0.05) is 72.8 Å². The summed E-state index contributed by atoms with van der Waals surface area (Å²) in [6.07, 6.45) is 0. The number of nitrogens with zero attached hydrogens (tertiary/aromatic N) is 1. The van der Waals surface area contributed by atoms with Crippen LogP contribution in [0.3, 0.4) is 0 Å². The van der Waals surface area contributed by atoms with E-state index in [1.54, 1.807) is 12.1 Å². The fourth-order valence-electron chi connectivity index (χ4n) is 4.83. The molecule has 4 aromatic carbocycles. The number of non-ortho nitro benzene ring substituents is 1. The van der Waals surface area contributed by atoms with Gasteiger partial charge >= 0.3 is 0 Å². The Morgan fingerprint density at radius 3 is 2.45 bits per heavy atom. The Labute approximate surface area is 177 Å². The average molecular weight is 404 g/mol. The molecule has 1 heterocycles. The first-order valence-electron chi connectivity index (χ1n) is 10.0. The molecule has 1 aliphatic carbocycles. The number of carbonyl (C=O) groups excluding carboxylic acids is 1. The van der Waals surface area contributed by atoms with E-state index in [-0.39, 0.29) is 11.5 Å². The lowest BCUT2D eigenvalue weighted by Gasteiger charge is -2.30. The lowest BCUT2D eigenvalue weighted by molar-refractivity contribution is -0.384. The Bertz CT molecular complexity index is 1470. The number of hydrogen-bond acceptors (Lipinski definition) is 4. The van der Waals surface area contributed by atoms with Crippen LogP contribution in [0.1, 0.15) is 33.0 Å². The molecule has 0 spiro atoms. The van der Waals surface area contributed by atoms with Gasteiger partial charge in [0.1, 0.15) is 0 Å².